The molecule has 0 radical (unpaired) electrons. The van der Waals surface area contributed by atoms with Gasteiger partial charge in [0, 0.05) is 30.8 Å². The highest BCUT2D eigenvalue weighted by Crippen LogP contribution is 2.29. The van der Waals surface area contributed by atoms with Gasteiger partial charge in [0.2, 0.25) is 5.91 Å². The molecule has 5 heteroatoms. The maximum Gasteiger partial charge on any atom is 0.250 e. The zero-order chi connectivity index (χ0) is 15.1. The molecule has 21 heavy (non-hydrogen) atoms. The lowest BCUT2D eigenvalue weighted by atomic mass is 10.1. The van der Waals surface area contributed by atoms with Crippen molar-refractivity contribution in [3.05, 3.63) is 60.2 Å². The second-order valence-electron chi connectivity index (χ2n) is 5.03. The Kier molecular flexibility index (Phi) is 5.40. The number of rotatable bonds is 2. The molecule has 2 aromatic rings. The molecule has 0 spiro atoms. The number of aromatic nitrogens is 2. The van der Waals surface area contributed by atoms with Gasteiger partial charge in [-0.05, 0) is 50.2 Å². The van der Waals surface area contributed by atoms with Crippen molar-refractivity contribution in [1.29, 1.82) is 0 Å². The van der Waals surface area contributed by atoms with Gasteiger partial charge >= 0.3 is 0 Å². The summed E-state index contributed by atoms with van der Waals surface area (Å²) in [5.74, 6) is -0.442. The lowest BCUT2D eigenvalue weighted by Gasteiger charge is -2.18. The molecule has 0 aliphatic carbocycles. The quantitative estimate of drug-likeness (QED) is 0.916. The molecule has 2 aromatic heterocycles. The van der Waals surface area contributed by atoms with Crippen molar-refractivity contribution in [1.82, 2.24) is 14.9 Å². The second-order valence-corrected chi connectivity index (χ2v) is 5.03. The van der Waals surface area contributed by atoms with E-state index in [2.05, 4.69) is 28.0 Å². The SMILES string of the molecule is CN1CCCC1c1cccnc1.NC(=O)c1cccnc1. The number of carbonyl (C=O) groups excluding carboxylic acids is 1. The number of likely N-dealkylation sites (tertiary alicyclic amines) is 1. The third kappa shape index (κ3) is 4.36. The fourth-order valence-corrected chi connectivity index (χ4v) is 2.41. The van der Waals surface area contributed by atoms with Gasteiger partial charge in [-0.1, -0.05) is 6.07 Å². The molecule has 1 saturated heterocycles. The Balaban J connectivity index is 0.000000161. The van der Waals surface area contributed by atoms with Gasteiger partial charge in [0.05, 0.1) is 5.56 Å². The van der Waals surface area contributed by atoms with Crippen LogP contribution in [0.1, 0.15) is 34.8 Å². The lowest BCUT2D eigenvalue weighted by Crippen LogP contribution is -2.17. The Bertz CT molecular complexity index is 559. The maximum atomic E-state index is 10.4. The van der Waals surface area contributed by atoms with Gasteiger partial charge in [-0.25, -0.2) is 0 Å². The summed E-state index contributed by atoms with van der Waals surface area (Å²) in [6.45, 7) is 1.22. The van der Waals surface area contributed by atoms with Crippen LogP contribution in [0.2, 0.25) is 0 Å². The summed E-state index contributed by atoms with van der Waals surface area (Å²) >= 11 is 0. The van der Waals surface area contributed by atoms with Crippen LogP contribution >= 0.6 is 0 Å². The first kappa shape index (κ1) is 15.1. The van der Waals surface area contributed by atoms with Crippen LogP contribution in [-0.4, -0.2) is 34.4 Å². The summed E-state index contributed by atoms with van der Waals surface area (Å²) in [4.78, 5) is 20.6. The first-order chi connectivity index (χ1) is 10.2. The van der Waals surface area contributed by atoms with Gasteiger partial charge in [-0.15, -0.1) is 0 Å². The van der Waals surface area contributed by atoms with Crippen molar-refractivity contribution in [2.45, 2.75) is 18.9 Å². The van der Waals surface area contributed by atoms with Crippen LogP contribution in [0.4, 0.5) is 0 Å². The van der Waals surface area contributed by atoms with Crippen molar-refractivity contribution >= 4 is 5.91 Å². The topological polar surface area (TPSA) is 72.1 Å². The van der Waals surface area contributed by atoms with Gasteiger partial charge in [0.25, 0.3) is 0 Å². The molecular weight excluding hydrogens is 264 g/mol. The summed E-state index contributed by atoms with van der Waals surface area (Å²) in [7, 11) is 2.19. The van der Waals surface area contributed by atoms with Crippen LogP contribution in [0.5, 0.6) is 0 Å². The van der Waals surface area contributed by atoms with Gasteiger partial charge in [-0.3, -0.25) is 19.7 Å². The van der Waals surface area contributed by atoms with E-state index >= 15 is 0 Å². The van der Waals surface area contributed by atoms with Crippen molar-refractivity contribution in [2.75, 3.05) is 13.6 Å². The highest BCUT2D eigenvalue weighted by molar-refractivity contribution is 5.92. The zero-order valence-electron chi connectivity index (χ0n) is 12.1. The molecular formula is C16H20N4O. The van der Waals surface area contributed by atoms with E-state index in [1.165, 1.54) is 31.1 Å². The number of amides is 1. The van der Waals surface area contributed by atoms with E-state index in [9.17, 15) is 4.79 Å². The van der Waals surface area contributed by atoms with Crippen molar-refractivity contribution in [3.8, 4) is 0 Å². The average molecular weight is 284 g/mol. The highest BCUT2D eigenvalue weighted by Gasteiger charge is 2.21. The number of pyridine rings is 2. The number of primary amides is 1. The molecule has 1 unspecified atom stereocenters. The summed E-state index contributed by atoms with van der Waals surface area (Å²) in [6, 6.07) is 8.08. The molecule has 5 nitrogen and oxygen atoms in total. The second kappa shape index (κ2) is 7.50. The molecule has 3 heterocycles. The number of hydrogen-bond acceptors (Lipinski definition) is 4. The van der Waals surface area contributed by atoms with Crippen LogP contribution in [-0.2, 0) is 0 Å². The number of nitrogens with two attached hydrogens (primary N) is 1. The maximum absolute atomic E-state index is 10.4. The van der Waals surface area contributed by atoms with E-state index in [0.29, 0.717) is 11.6 Å². The Hall–Kier alpha value is -2.27. The highest BCUT2D eigenvalue weighted by atomic mass is 16.1. The molecule has 110 valence electrons. The number of carbonyl (C=O) groups is 1. The predicted molar refractivity (Wildman–Crippen MR) is 81.6 cm³/mol. The Morgan fingerprint density at radius 3 is 2.38 bits per heavy atom. The predicted octanol–water partition coefficient (Wildman–Crippen LogP) is 2.03. The molecule has 1 aliphatic rings. The van der Waals surface area contributed by atoms with E-state index in [0.717, 1.165) is 0 Å². The van der Waals surface area contributed by atoms with Gasteiger partial charge in [-0.2, -0.15) is 0 Å². The Morgan fingerprint density at radius 2 is 1.95 bits per heavy atom. The van der Waals surface area contributed by atoms with Gasteiger partial charge in [0.1, 0.15) is 0 Å². The summed E-state index contributed by atoms with van der Waals surface area (Å²) in [5, 5.41) is 0. The normalized spacial score (nSPS) is 17.9. The molecule has 0 saturated carbocycles. The first-order valence-corrected chi connectivity index (χ1v) is 6.98. The van der Waals surface area contributed by atoms with Crippen LogP contribution < -0.4 is 5.73 Å². The van der Waals surface area contributed by atoms with Gasteiger partial charge in [0.15, 0.2) is 0 Å². The molecule has 3 rings (SSSR count). The molecule has 0 aromatic carbocycles. The summed E-state index contributed by atoms with van der Waals surface area (Å²) < 4.78 is 0. The Labute approximate surface area is 124 Å². The van der Waals surface area contributed by atoms with Crippen molar-refractivity contribution < 1.29 is 4.79 Å². The molecule has 1 fully saturated rings. The molecule has 1 aliphatic heterocycles. The number of hydrogen-bond donors (Lipinski definition) is 1. The third-order valence-electron chi connectivity index (χ3n) is 3.54. The minimum atomic E-state index is -0.442. The third-order valence-corrected chi connectivity index (χ3v) is 3.54. The first-order valence-electron chi connectivity index (χ1n) is 6.98. The van der Waals surface area contributed by atoms with E-state index in [1.54, 1.807) is 18.3 Å². The van der Waals surface area contributed by atoms with Crippen molar-refractivity contribution in [2.24, 2.45) is 5.73 Å². The van der Waals surface area contributed by atoms with Crippen molar-refractivity contribution in [3.63, 3.8) is 0 Å². The van der Waals surface area contributed by atoms with Crippen LogP contribution in [0.15, 0.2) is 49.1 Å². The zero-order valence-corrected chi connectivity index (χ0v) is 12.1. The van der Waals surface area contributed by atoms with Gasteiger partial charge < -0.3 is 5.73 Å². The summed E-state index contributed by atoms with van der Waals surface area (Å²) in [6.07, 6.45) is 9.43. The molecule has 1 atom stereocenters. The number of nitrogens with zero attached hydrogens (tertiary/aromatic N) is 3. The van der Waals surface area contributed by atoms with Crippen LogP contribution in [0.25, 0.3) is 0 Å². The molecule has 1 amide bonds. The molecule has 2 N–H and O–H groups in total. The monoisotopic (exact) mass is 284 g/mol. The lowest BCUT2D eigenvalue weighted by molar-refractivity contribution is 0.1000. The fraction of sp³-hybridized carbons (Fsp3) is 0.312. The van der Waals surface area contributed by atoms with E-state index in [-0.39, 0.29) is 0 Å². The minimum Gasteiger partial charge on any atom is -0.366 e. The van der Waals surface area contributed by atoms with E-state index in [1.807, 2.05) is 18.5 Å². The van der Waals surface area contributed by atoms with E-state index < -0.39 is 5.91 Å². The van der Waals surface area contributed by atoms with Crippen LogP contribution in [0, 0.1) is 0 Å². The standard InChI is InChI=1S/C10H14N2.C6H6N2O/c1-12-7-3-5-10(12)9-4-2-6-11-8-9;7-6(9)5-2-1-3-8-4-5/h2,4,6,8,10H,3,5,7H2,1H3;1-4H,(H2,7,9). The average Bonchev–Trinajstić information content (AvgIpc) is 2.96. The molecule has 0 bridgehead atoms. The smallest absolute Gasteiger partial charge is 0.250 e. The largest absolute Gasteiger partial charge is 0.366 e. The minimum absolute atomic E-state index is 0.442. The fourth-order valence-electron chi connectivity index (χ4n) is 2.41. The van der Waals surface area contributed by atoms with E-state index in [4.69, 9.17) is 5.73 Å². The summed E-state index contributed by atoms with van der Waals surface area (Å²) in [5.41, 5.74) is 6.74. The Morgan fingerprint density at radius 1 is 1.24 bits per heavy atom. The van der Waals surface area contributed by atoms with Crippen LogP contribution in [0.3, 0.4) is 0 Å².